The molecule has 0 saturated heterocycles. The molecule has 158 valence electrons. The zero-order chi connectivity index (χ0) is 21.4. The van der Waals surface area contributed by atoms with Crippen molar-refractivity contribution in [1.29, 1.82) is 0 Å². The number of ether oxygens (including phenoxy) is 2. The lowest BCUT2D eigenvalue weighted by molar-refractivity contribution is -0.116. The summed E-state index contributed by atoms with van der Waals surface area (Å²) in [6, 6.07) is 9.95. The fourth-order valence-electron chi connectivity index (χ4n) is 3.37. The summed E-state index contributed by atoms with van der Waals surface area (Å²) >= 11 is 1.02. The number of halogens is 1. The second-order valence-corrected chi connectivity index (χ2v) is 7.95. The van der Waals surface area contributed by atoms with Crippen LogP contribution in [0.1, 0.15) is 34.3 Å². The molecule has 3 heterocycles. The molecule has 10 heteroatoms. The predicted molar refractivity (Wildman–Crippen MR) is 108 cm³/mol. The van der Waals surface area contributed by atoms with Crippen LogP contribution in [0.4, 0.5) is 10.1 Å². The van der Waals surface area contributed by atoms with Gasteiger partial charge in [-0.15, -0.1) is 10.2 Å². The van der Waals surface area contributed by atoms with Gasteiger partial charge in [-0.25, -0.2) is 4.39 Å². The van der Waals surface area contributed by atoms with Gasteiger partial charge in [-0.05, 0) is 36.2 Å². The maximum atomic E-state index is 14.4. The van der Waals surface area contributed by atoms with Crippen LogP contribution < -0.4 is 14.8 Å². The van der Waals surface area contributed by atoms with Gasteiger partial charge in [-0.1, -0.05) is 23.9 Å². The number of aryl methyl sites for hydroxylation is 1. The lowest BCUT2D eigenvalue weighted by Crippen LogP contribution is -2.21. The molecule has 0 aliphatic carbocycles. The van der Waals surface area contributed by atoms with Gasteiger partial charge in [0.15, 0.2) is 17.3 Å². The molecule has 1 N–H and O–H groups in total. The van der Waals surface area contributed by atoms with Crippen LogP contribution in [0.15, 0.2) is 46.0 Å². The first-order valence-corrected chi connectivity index (χ1v) is 10.6. The maximum Gasteiger partial charge on any atom is 0.277 e. The average molecular weight is 441 g/mol. The summed E-state index contributed by atoms with van der Waals surface area (Å²) in [6.45, 7) is 0.221. The third-order valence-electron chi connectivity index (χ3n) is 4.92. The summed E-state index contributed by atoms with van der Waals surface area (Å²) in [7, 11) is 0. The Hall–Kier alpha value is -3.40. The van der Waals surface area contributed by atoms with E-state index in [1.165, 1.54) is 12.1 Å². The normalized spacial score (nSPS) is 17.1. The number of carbonyl (C=O) groups excluding carboxylic acids is 2. The second kappa shape index (κ2) is 8.03. The number of carbonyl (C=O) groups is 2. The van der Waals surface area contributed by atoms with Crippen LogP contribution in [0.5, 0.6) is 11.5 Å². The van der Waals surface area contributed by atoms with E-state index in [2.05, 4.69) is 15.5 Å². The van der Waals surface area contributed by atoms with E-state index in [-0.39, 0.29) is 34.9 Å². The molecule has 0 fully saturated rings. The van der Waals surface area contributed by atoms with Crippen LogP contribution in [-0.4, -0.2) is 34.2 Å². The first kappa shape index (κ1) is 19.6. The number of rotatable bonds is 5. The van der Waals surface area contributed by atoms with Crippen molar-refractivity contribution < 1.29 is 27.9 Å². The van der Waals surface area contributed by atoms with Crippen molar-refractivity contribution in [3.8, 4) is 11.5 Å². The van der Waals surface area contributed by atoms with Crippen molar-refractivity contribution in [2.75, 3.05) is 17.7 Å². The Morgan fingerprint density at radius 2 is 2.03 bits per heavy atom. The summed E-state index contributed by atoms with van der Waals surface area (Å²) in [5, 5.41) is 10.7. The van der Waals surface area contributed by atoms with Crippen molar-refractivity contribution in [2.24, 2.45) is 0 Å². The number of nitrogens with zero attached hydrogens (tertiary/aromatic N) is 2. The molecule has 31 heavy (non-hydrogen) atoms. The Bertz CT molecular complexity index is 1180. The number of fused-ring (bicyclic) bond motifs is 2. The van der Waals surface area contributed by atoms with Crippen molar-refractivity contribution >= 4 is 29.1 Å². The van der Waals surface area contributed by atoms with Crippen molar-refractivity contribution in [3.05, 3.63) is 59.2 Å². The molecule has 2 aliphatic rings. The van der Waals surface area contributed by atoms with Gasteiger partial charge in [0.05, 0.1) is 11.3 Å². The number of hydrogen-bond acceptors (Lipinski definition) is 8. The minimum absolute atomic E-state index is 0.0252. The van der Waals surface area contributed by atoms with Crippen LogP contribution in [0, 0.1) is 5.82 Å². The number of benzene rings is 2. The molecule has 0 saturated carbocycles. The highest BCUT2D eigenvalue weighted by molar-refractivity contribution is 7.99. The Labute approximate surface area is 180 Å². The van der Waals surface area contributed by atoms with Crippen LogP contribution in [0.3, 0.4) is 0 Å². The van der Waals surface area contributed by atoms with Crippen LogP contribution in [0.2, 0.25) is 0 Å². The molecule has 1 amide bonds. The number of nitrogens with one attached hydrogen (secondary N) is 1. The zero-order valence-corrected chi connectivity index (χ0v) is 16.9. The zero-order valence-electron chi connectivity index (χ0n) is 16.1. The number of hydrogen-bond donors (Lipinski definition) is 1. The third-order valence-corrected chi connectivity index (χ3v) is 5.74. The standard InChI is InChI=1S/C21H16FN3O5S/c22-13-8-14-11(5-6-19(27)23-14)7-12(13)15(26)10-31-21-25-24-20(30-21)18-9-28-16-3-1-2-4-17(16)29-18/h1-4,7-8,18H,5-6,9-10H2,(H,23,27). The molecule has 0 bridgehead atoms. The summed E-state index contributed by atoms with van der Waals surface area (Å²) in [4.78, 5) is 24.0. The Morgan fingerprint density at radius 1 is 1.19 bits per heavy atom. The summed E-state index contributed by atoms with van der Waals surface area (Å²) in [6.07, 6.45) is 0.221. The van der Waals surface area contributed by atoms with E-state index in [1.54, 1.807) is 12.1 Å². The van der Waals surface area contributed by atoms with E-state index in [0.29, 0.717) is 30.0 Å². The minimum Gasteiger partial charge on any atom is -0.485 e. The molecule has 2 aliphatic heterocycles. The van der Waals surface area contributed by atoms with Gasteiger partial charge in [0.25, 0.3) is 11.1 Å². The Morgan fingerprint density at radius 3 is 2.90 bits per heavy atom. The molecule has 8 nitrogen and oxygen atoms in total. The molecule has 0 radical (unpaired) electrons. The van der Waals surface area contributed by atoms with Crippen LogP contribution >= 0.6 is 11.8 Å². The van der Waals surface area contributed by atoms with Crippen LogP contribution in [0.25, 0.3) is 0 Å². The van der Waals surface area contributed by atoms with E-state index in [9.17, 15) is 14.0 Å². The van der Waals surface area contributed by atoms with Crippen molar-refractivity contribution in [3.63, 3.8) is 0 Å². The third kappa shape index (κ3) is 3.98. The first-order valence-electron chi connectivity index (χ1n) is 9.57. The highest BCUT2D eigenvalue weighted by Crippen LogP contribution is 2.36. The molecule has 0 spiro atoms. The van der Waals surface area contributed by atoms with E-state index in [1.807, 2.05) is 12.1 Å². The number of ketones is 1. The molecule has 3 aromatic rings. The Balaban J connectivity index is 1.24. The number of Topliss-reactive ketones (excluding diaryl/α,β-unsaturated/α-hetero) is 1. The lowest BCUT2D eigenvalue weighted by Gasteiger charge is -2.23. The van der Waals surface area contributed by atoms with Gasteiger partial charge in [0, 0.05) is 12.1 Å². The number of amides is 1. The largest absolute Gasteiger partial charge is 0.485 e. The van der Waals surface area contributed by atoms with Gasteiger partial charge < -0.3 is 19.2 Å². The maximum absolute atomic E-state index is 14.4. The van der Waals surface area contributed by atoms with Crippen molar-refractivity contribution in [1.82, 2.24) is 10.2 Å². The van der Waals surface area contributed by atoms with Gasteiger partial charge in [-0.3, -0.25) is 9.59 Å². The Kier molecular flexibility index (Phi) is 5.06. The van der Waals surface area contributed by atoms with E-state index >= 15 is 0 Å². The molecule has 2 aromatic carbocycles. The topological polar surface area (TPSA) is 104 Å². The van der Waals surface area contributed by atoms with Gasteiger partial charge >= 0.3 is 0 Å². The summed E-state index contributed by atoms with van der Waals surface area (Å²) in [5.41, 5.74) is 1.13. The first-order chi connectivity index (χ1) is 15.1. The smallest absolute Gasteiger partial charge is 0.277 e. The van der Waals surface area contributed by atoms with Gasteiger partial charge in [0.1, 0.15) is 12.4 Å². The molecule has 1 unspecified atom stereocenters. The lowest BCUT2D eigenvalue weighted by atomic mass is 9.98. The molecular formula is C21H16FN3O5S. The average Bonchev–Trinajstić information content (AvgIpc) is 3.25. The van der Waals surface area contributed by atoms with E-state index < -0.39 is 17.7 Å². The fourth-order valence-corrected chi connectivity index (χ4v) is 4.02. The fraction of sp³-hybridized carbons (Fsp3) is 0.238. The van der Waals surface area contributed by atoms with Gasteiger partial charge in [0.2, 0.25) is 12.0 Å². The van der Waals surface area contributed by atoms with Crippen molar-refractivity contribution in [2.45, 2.75) is 24.2 Å². The second-order valence-electron chi connectivity index (χ2n) is 7.02. The minimum atomic E-state index is -0.677. The van der Waals surface area contributed by atoms with Crippen LogP contribution in [-0.2, 0) is 11.2 Å². The number of thioether (sulfide) groups is 1. The molecule has 1 atom stereocenters. The summed E-state index contributed by atoms with van der Waals surface area (Å²) < 4.78 is 31.5. The summed E-state index contributed by atoms with van der Waals surface area (Å²) in [5.74, 6) is 0.140. The molecule has 1 aromatic heterocycles. The number of para-hydroxylation sites is 2. The van der Waals surface area contributed by atoms with E-state index in [0.717, 1.165) is 17.3 Å². The van der Waals surface area contributed by atoms with E-state index in [4.69, 9.17) is 13.9 Å². The highest BCUT2D eigenvalue weighted by atomic mass is 32.2. The molecular weight excluding hydrogens is 425 g/mol. The SMILES string of the molecule is O=C1CCc2cc(C(=O)CSc3nnc(C4COc5ccccc5O4)o3)c(F)cc2N1. The number of anilines is 1. The highest BCUT2D eigenvalue weighted by Gasteiger charge is 2.28. The quantitative estimate of drug-likeness (QED) is 0.473. The predicted octanol–water partition coefficient (Wildman–Crippen LogP) is 3.58. The number of aromatic nitrogens is 2. The molecule has 5 rings (SSSR count). The van der Waals surface area contributed by atoms with Gasteiger partial charge in [-0.2, -0.15) is 0 Å². The monoisotopic (exact) mass is 441 g/mol.